The summed E-state index contributed by atoms with van der Waals surface area (Å²) in [7, 11) is 1.50. The molecule has 2 atom stereocenters. The average molecular weight is 881 g/mol. The molecular weight excluding hydrogens is 823 g/mol. The molecule has 0 radical (unpaired) electrons. The Morgan fingerprint density at radius 2 is 1.47 bits per heavy atom. The van der Waals surface area contributed by atoms with E-state index in [2.05, 4.69) is 26.1 Å². The molecule has 4 amide bonds. The maximum atomic E-state index is 16.2. The third-order valence-corrected chi connectivity index (χ3v) is 15.5. The van der Waals surface area contributed by atoms with Crippen LogP contribution < -0.4 is 24.8 Å². The van der Waals surface area contributed by atoms with Gasteiger partial charge in [0.25, 0.3) is 5.91 Å². The van der Waals surface area contributed by atoms with Crippen LogP contribution in [0.5, 0.6) is 11.6 Å². The average Bonchev–Trinajstić information content (AvgIpc) is 3.94. The first-order valence-corrected chi connectivity index (χ1v) is 23.3. The van der Waals surface area contributed by atoms with Crippen LogP contribution in [0.2, 0.25) is 0 Å². The van der Waals surface area contributed by atoms with Crippen LogP contribution in [0.15, 0.2) is 42.5 Å². The molecule has 1 aromatic heterocycles. The number of fused-ring (bicyclic) bond motifs is 1. The molecule has 16 heteroatoms. The number of nitrogens with zero attached hydrogens (tertiary/aromatic N) is 7. The summed E-state index contributed by atoms with van der Waals surface area (Å²) in [5, 5.41) is 13.0. The quantitative estimate of drug-likeness (QED) is 0.204. The lowest BCUT2D eigenvalue weighted by atomic mass is 9.66. The minimum Gasteiger partial charge on any atom is -0.503 e. The van der Waals surface area contributed by atoms with Gasteiger partial charge in [0, 0.05) is 95.2 Å². The summed E-state index contributed by atoms with van der Waals surface area (Å²) in [4.78, 5) is 68.4. The molecule has 0 bridgehead atoms. The fourth-order valence-corrected chi connectivity index (χ4v) is 11.9. The van der Waals surface area contributed by atoms with Crippen molar-refractivity contribution < 1.29 is 37.8 Å². The number of amides is 4. The Kier molecular flexibility index (Phi) is 11.5. The normalized spacial score (nSPS) is 24.7. The number of carbonyl (C=O) groups is 4. The number of benzene rings is 2. The van der Waals surface area contributed by atoms with Crippen LogP contribution in [0.1, 0.15) is 91.7 Å². The van der Waals surface area contributed by atoms with Crippen LogP contribution in [-0.2, 0) is 20.9 Å². The zero-order valence-corrected chi connectivity index (χ0v) is 36.6. The van der Waals surface area contributed by atoms with Gasteiger partial charge in [-0.1, -0.05) is 18.9 Å². The van der Waals surface area contributed by atoms with Crippen LogP contribution in [0.3, 0.4) is 0 Å². The summed E-state index contributed by atoms with van der Waals surface area (Å²) >= 11 is 0. The van der Waals surface area contributed by atoms with E-state index in [1.807, 2.05) is 17.0 Å². The predicted molar refractivity (Wildman–Crippen MR) is 235 cm³/mol. The number of aromatic hydroxyl groups is 1. The second kappa shape index (κ2) is 17.2. The molecule has 1 saturated carbocycles. The van der Waals surface area contributed by atoms with Crippen molar-refractivity contribution in [2.45, 2.75) is 82.8 Å². The van der Waals surface area contributed by atoms with Crippen molar-refractivity contribution in [3.8, 4) is 11.6 Å². The Balaban J connectivity index is 0.689. The fourth-order valence-electron chi connectivity index (χ4n) is 11.9. The van der Waals surface area contributed by atoms with Gasteiger partial charge in [-0.2, -0.15) is 4.98 Å². The summed E-state index contributed by atoms with van der Waals surface area (Å²) < 4.78 is 36.5. The van der Waals surface area contributed by atoms with E-state index in [0.717, 1.165) is 108 Å². The van der Waals surface area contributed by atoms with Gasteiger partial charge in [-0.05, 0) is 98.7 Å². The Morgan fingerprint density at radius 1 is 0.812 bits per heavy atom. The zero-order valence-electron chi connectivity index (χ0n) is 36.6. The fraction of sp³-hybridized carbons (Fsp3) is 0.562. The second-order valence-electron chi connectivity index (χ2n) is 19.1. The number of anilines is 3. The SMILES string of the molecule is COc1nc(N2CCC(CN3CCN(CC4CCN(c5ccc6c(c5)CN([C@H]5CCC(=O)NC5=O)C6=O)CC4)CC3)CC2)c(F)cc1[C@@H]1N(c2cccc(F)c2O)C(=O)C12CCCC2. The van der Waals surface area contributed by atoms with Crippen LogP contribution in [-0.4, -0.2) is 127 Å². The second-order valence-corrected chi connectivity index (χ2v) is 19.1. The Hall–Kier alpha value is -5.35. The standard InChI is InChI=1S/C48H58F2N8O6/c1-64-45-35(42-48(15-2-3-16-48)47(63)58(42)38-6-4-5-36(49)41(38)60)26-37(50)43(52-45)56-19-13-31(14-20-56)28-54-23-21-53(22-24-54)27-30-11-17-55(18-12-30)33-7-8-34-32(25-33)29-57(46(34)62)39-9-10-40(59)51-44(39)61/h4-8,25-26,30-31,39,42,60H,2-3,9-24,27-29H2,1H3,(H,51,59,61)/t39-,42-/m0/s1. The number of nitrogens with one attached hydrogen (secondary N) is 1. The number of para-hydroxylation sites is 1. The number of phenols is 1. The van der Waals surface area contributed by atoms with E-state index in [0.29, 0.717) is 61.9 Å². The van der Waals surface area contributed by atoms with E-state index in [4.69, 9.17) is 9.72 Å². The third-order valence-electron chi connectivity index (χ3n) is 15.5. The number of halogens is 2. The first-order chi connectivity index (χ1) is 31.0. The molecule has 1 aliphatic carbocycles. The molecule has 340 valence electrons. The Morgan fingerprint density at radius 3 is 2.11 bits per heavy atom. The molecule has 3 aromatic rings. The van der Waals surface area contributed by atoms with Gasteiger partial charge in [-0.25, -0.2) is 8.78 Å². The van der Waals surface area contributed by atoms with E-state index in [9.17, 15) is 28.7 Å². The highest BCUT2D eigenvalue weighted by molar-refractivity contribution is 6.08. The summed E-state index contributed by atoms with van der Waals surface area (Å²) in [5.74, 6) is -1.29. The lowest BCUT2D eigenvalue weighted by Crippen LogP contribution is -2.62. The summed E-state index contributed by atoms with van der Waals surface area (Å²) in [6.07, 6.45) is 7.64. The van der Waals surface area contributed by atoms with Gasteiger partial charge in [0.05, 0.1) is 24.3 Å². The number of pyridine rings is 1. The van der Waals surface area contributed by atoms with Gasteiger partial charge in [0.2, 0.25) is 23.6 Å². The number of imide groups is 1. The van der Waals surface area contributed by atoms with Crippen molar-refractivity contribution >= 4 is 40.8 Å². The van der Waals surface area contributed by atoms with Crippen molar-refractivity contribution in [2.75, 3.05) is 87.3 Å². The highest BCUT2D eigenvalue weighted by Crippen LogP contribution is 2.62. The molecule has 64 heavy (non-hydrogen) atoms. The number of hydrogen-bond donors (Lipinski definition) is 2. The summed E-state index contributed by atoms with van der Waals surface area (Å²) in [5.41, 5.74) is 2.43. The number of rotatable bonds is 10. The highest BCUT2D eigenvalue weighted by Gasteiger charge is 2.63. The molecular formula is C48H58F2N8O6. The molecule has 2 N–H and O–H groups in total. The van der Waals surface area contributed by atoms with Crippen LogP contribution >= 0.6 is 0 Å². The minimum atomic E-state index is -0.822. The number of piperazine rings is 1. The van der Waals surface area contributed by atoms with Crippen molar-refractivity contribution in [1.29, 1.82) is 0 Å². The number of ether oxygens (including phenoxy) is 1. The molecule has 2 aromatic carbocycles. The first kappa shape index (κ1) is 42.6. The number of hydrogen-bond acceptors (Lipinski definition) is 11. The van der Waals surface area contributed by atoms with Crippen molar-refractivity contribution in [1.82, 2.24) is 25.0 Å². The molecule has 1 spiro atoms. The maximum Gasteiger partial charge on any atom is 0.255 e. The van der Waals surface area contributed by atoms with Gasteiger partial charge in [0.15, 0.2) is 23.2 Å². The number of methoxy groups -OCH3 is 1. The third kappa shape index (κ3) is 7.63. The van der Waals surface area contributed by atoms with E-state index in [1.165, 1.54) is 30.2 Å². The topological polar surface area (TPSA) is 142 Å². The first-order valence-electron chi connectivity index (χ1n) is 23.3. The van der Waals surface area contributed by atoms with Gasteiger partial charge in [-0.3, -0.25) is 29.4 Å². The van der Waals surface area contributed by atoms with E-state index < -0.39 is 34.9 Å². The largest absolute Gasteiger partial charge is 0.503 e. The minimum absolute atomic E-state index is 0.0671. The molecule has 0 unspecified atom stereocenters. The van der Waals surface area contributed by atoms with E-state index in [1.54, 1.807) is 4.90 Å². The molecule has 7 heterocycles. The Labute approximate surface area is 372 Å². The monoisotopic (exact) mass is 880 g/mol. The zero-order chi connectivity index (χ0) is 44.3. The smallest absolute Gasteiger partial charge is 0.255 e. The summed E-state index contributed by atoms with van der Waals surface area (Å²) in [6.45, 7) is 9.96. The van der Waals surface area contributed by atoms with Crippen molar-refractivity contribution in [3.63, 3.8) is 0 Å². The molecule has 6 fully saturated rings. The lowest BCUT2D eigenvalue weighted by molar-refractivity contribution is -0.140. The molecule has 5 saturated heterocycles. The maximum absolute atomic E-state index is 16.2. The number of piperidine rings is 3. The van der Waals surface area contributed by atoms with Crippen LogP contribution in [0.25, 0.3) is 0 Å². The van der Waals surface area contributed by atoms with E-state index >= 15 is 4.39 Å². The molecule has 7 aliphatic rings. The number of β-lactam (4-membered cyclic amide) rings is 1. The molecule has 6 aliphatic heterocycles. The van der Waals surface area contributed by atoms with Crippen molar-refractivity contribution in [2.24, 2.45) is 17.3 Å². The number of phenolic OH excluding ortho intramolecular Hbond substituents is 1. The summed E-state index contributed by atoms with van der Waals surface area (Å²) in [6, 6.07) is 10.3. The molecule has 10 rings (SSSR count). The highest BCUT2D eigenvalue weighted by atomic mass is 19.1. The van der Waals surface area contributed by atoms with Gasteiger partial charge in [0.1, 0.15) is 6.04 Å². The predicted octanol–water partition coefficient (Wildman–Crippen LogP) is 5.23. The van der Waals surface area contributed by atoms with Gasteiger partial charge >= 0.3 is 0 Å². The van der Waals surface area contributed by atoms with Crippen LogP contribution in [0.4, 0.5) is 26.0 Å². The van der Waals surface area contributed by atoms with E-state index in [-0.39, 0.29) is 47.4 Å². The van der Waals surface area contributed by atoms with Gasteiger partial charge < -0.3 is 34.3 Å². The van der Waals surface area contributed by atoms with Crippen LogP contribution in [0, 0.1) is 28.9 Å². The van der Waals surface area contributed by atoms with Crippen molar-refractivity contribution in [3.05, 3.63) is 70.8 Å². The Bertz CT molecular complexity index is 2320. The molecule has 14 nitrogen and oxygen atoms in total. The number of aromatic nitrogens is 1. The van der Waals surface area contributed by atoms with Gasteiger partial charge in [-0.15, -0.1) is 0 Å². The number of carbonyl (C=O) groups excluding carboxylic acids is 4. The lowest BCUT2D eigenvalue weighted by Gasteiger charge is -2.55.